The molecule has 0 radical (unpaired) electrons. The van der Waals surface area contributed by atoms with Crippen molar-refractivity contribution in [2.24, 2.45) is 0 Å². The maximum atomic E-state index is 11.9. The summed E-state index contributed by atoms with van der Waals surface area (Å²) >= 11 is 1.52. The summed E-state index contributed by atoms with van der Waals surface area (Å²) in [7, 11) is -3.03. The SMILES string of the molecule is CC(C)(C)S(=O)(=O)CCSc1cccc(N)c1. The Morgan fingerprint density at radius 3 is 2.47 bits per heavy atom. The third-order valence-electron chi connectivity index (χ3n) is 2.41. The van der Waals surface area contributed by atoms with E-state index in [2.05, 4.69) is 0 Å². The molecule has 0 spiro atoms. The summed E-state index contributed by atoms with van der Waals surface area (Å²) in [6, 6.07) is 7.48. The molecule has 17 heavy (non-hydrogen) atoms. The maximum absolute atomic E-state index is 11.9. The largest absolute Gasteiger partial charge is 0.399 e. The second-order valence-electron chi connectivity index (χ2n) is 4.85. The lowest BCUT2D eigenvalue weighted by Gasteiger charge is -2.18. The molecule has 0 unspecified atom stereocenters. The summed E-state index contributed by atoms with van der Waals surface area (Å²) in [6.07, 6.45) is 0. The van der Waals surface area contributed by atoms with Crippen molar-refractivity contribution >= 4 is 27.3 Å². The monoisotopic (exact) mass is 273 g/mol. The van der Waals surface area contributed by atoms with Crippen molar-refractivity contribution < 1.29 is 8.42 Å². The highest BCUT2D eigenvalue weighted by atomic mass is 32.2. The molecular weight excluding hydrogens is 254 g/mol. The number of nitrogens with two attached hydrogens (primary N) is 1. The van der Waals surface area contributed by atoms with Gasteiger partial charge in [0.2, 0.25) is 0 Å². The number of rotatable bonds is 4. The highest BCUT2D eigenvalue weighted by Crippen LogP contribution is 2.23. The van der Waals surface area contributed by atoms with E-state index in [1.807, 2.05) is 24.3 Å². The number of thioether (sulfide) groups is 1. The van der Waals surface area contributed by atoms with Crippen LogP contribution in [0.25, 0.3) is 0 Å². The standard InChI is InChI=1S/C12H19NO2S2/c1-12(2,3)17(14,15)8-7-16-11-6-4-5-10(13)9-11/h4-6,9H,7-8,13H2,1-3H3. The van der Waals surface area contributed by atoms with Crippen LogP contribution in [0.4, 0.5) is 5.69 Å². The van der Waals surface area contributed by atoms with E-state index >= 15 is 0 Å². The molecule has 1 aromatic carbocycles. The van der Waals surface area contributed by atoms with Gasteiger partial charge in [-0.05, 0) is 39.0 Å². The predicted octanol–water partition coefficient (Wildman–Crippen LogP) is 2.57. The Bertz CT molecular complexity index is 476. The Hall–Kier alpha value is -0.680. The van der Waals surface area contributed by atoms with Crippen molar-refractivity contribution in [2.75, 3.05) is 17.2 Å². The minimum Gasteiger partial charge on any atom is -0.399 e. The van der Waals surface area contributed by atoms with Gasteiger partial charge in [0.1, 0.15) is 0 Å². The molecule has 0 aliphatic heterocycles. The van der Waals surface area contributed by atoms with E-state index in [-0.39, 0.29) is 5.75 Å². The Balaban J connectivity index is 2.55. The molecule has 0 amide bonds. The molecule has 0 aliphatic carbocycles. The molecule has 0 aromatic heterocycles. The molecule has 0 fully saturated rings. The lowest BCUT2D eigenvalue weighted by Crippen LogP contribution is -2.31. The Labute approximate surface area is 108 Å². The number of hydrogen-bond donors (Lipinski definition) is 1. The fourth-order valence-corrected chi connectivity index (χ4v) is 3.63. The minimum atomic E-state index is -3.03. The Kier molecular flexibility index (Phi) is 4.49. The van der Waals surface area contributed by atoms with Crippen LogP contribution in [-0.4, -0.2) is 24.7 Å². The van der Waals surface area contributed by atoms with Crippen LogP contribution in [0.1, 0.15) is 20.8 Å². The first kappa shape index (κ1) is 14.4. The minimum absolute atomic E-state index is 0.190. The van der Waals surface area contributed by atoms with Crippen molar-refractivity contribution in [2.45, 2.75) is 30.4 Å². The lowest BCUT2D eigenvalue weighted by atomic mass is 10.3. The lowest BCUT2D eigenvalue weighted by molar-refractivity contribution is 0.562. The van der Waals surface area contributed by atoms with Crippen molar-refractivity contribution in [3.8, 4) is 0 Å². The number of sulfone groups is 1. The number of nitrogen functional groups attached to an aromatic ring is 1. The van der Waals surface area contributed by atoms with Crippen molar-refractivity contribution in [1.82, 2.24) is 0 Å². The van der Waals surface area contributed by atoms with Crippen LogP contribution >= 0.6 is 11.8 Å². The van der Waals surface area contributed by atoms with Crippen LogP contribution in [0.3, 0.4) is 0 Å². The zero-order chi connectivity index (χ0) is 13.1. The van der Waals surface area contributed by atoms with E-state index in [0.29, 0.717) is 11.4 Å². The van der Waals surface area contributed by atoms with Crippen LogP contribution in [0.2, 0.25) is 0 Å². The normalized spacial score (nSPS) is 12.6. The third kappa shape index (κ3) is 4.24. The smallest absolute Gasteiger partial charge is 0.156 e. The van der Waals surface area contributed by atoms with Crippen LogP contribution in [-0.2, 0) is 9.84 Å². The van der Waals surface area contributed by atoms with Gasteiger partial charge in [-0.15, -0.1) is 11.8 Å². The van der Waals surface area contributed by atoms with E-state index in [1.54, 1.807) is 20.8 Å². The summed E-state index contributed by atoms with van der Waals surface area (Å²) in [4.78, 5) is 1.01. The first-order valence-electron chi connectivity index (χ1n) is 5.43. The van der Waals surface area contributed by atoms with Crippen molar-refractivity contribution in [3.05, 3.63) is 24.3 Å². The van der Waals surface area contributed by atoms with Gasteiger partial charge in [-0.3, -0.25) is 0 Å². The molecule has 2 N–H and O–H groups in total. The fourth-order valence-electron chi connectivity index (χ4n) is 1.18. The van der Waals surface area contributed by atoms with Crippen molar-refractivity contribution in [3.63, 3.8) is 0 Å². The predicted molar refractivity (Wildman–Crippen MR) is 75.1 cm³/mol. The average molecular weight is 273 g/mol. The molecule has 0 aliphatic rings. The highest BCUT2D eigenvalue weighted by Gasteiger charge is 2.28. The van der Waals surface area contributed by atoms with Crippen LogP contribution in [0, 0.1) is 0 Å². The molecule has 0 atom stereocenters. The van der Waals surface area contributed by atoms with Gasteiger partial charge in [0.25, 0.3) is 0 Å². The Morgan fingerprint density at radius 1 is 1.29 bits per heavy atom. The molecule has 0 saturated heterocycles. The van der Waals surface area contributed by atoms with Gasteiger partial charge in [0, 0.05) is 16.3 Å². The molecular formula is C12H19NO2S2. The van der Waals surface area contributed by atoms with Gasteiger partial charge in [0.15, 0.2) is 9.84 Å². The number of benzene rings is 1. The third-order valence-corrected chi connectivity index (χ3v) is 6.27. The molecule has 0 heterocycles. The van der Waals surface area contributed by atoms with Gasteiger partial charge in [-0.25, -0.2) is 8.42 Å². The van der Waals surface area contributed by atoms with Crippen LogP contribution < -0.4 is 5.73 Å². The van der Waals surface area contributed by atoms with E-state index in [0.717, 1.165) is 4.90 Å². The highest BCUT2D eigenvalue weighted by molar-refractivity contribution is 8.01. The maximum Gasteiger partial charge on any atom is 0.156 e. The Morgan fingerprint density at radius 2 is 1.94 bits per heavy atom. The van der Waals surface area contributed by atoms with E-state index in [9.17, 15) is 8.42 Å². The van der Waals surface area contributed by atoms with Gasteiger partial charge in [-0.2, -0.15) is 0 Å². The fraction of sp³-hybridized carbons (Fsp3) is 0.500. The second-order valence-corrected chi connectivity index (χ2v) is 8.88. The molecule has 1 aromatic rings. The van der Waals surface area contributed by atoms with E-state index in [1.165, 1.54) is 11.8 Å². The van der Waals surface area contributed by atoms with Gasteiger partial charge >= 0.3 is 0 Å². The summed E-state index contributed by atoms with van der Waals surface area (Å²) in [5, 5.41) is 0. The number of hydrogen-bond acceptors (Lipinski definition) is 4. The quantitative estimate of drug-likeness (QED) is 0.676. The van der Waals surface area contributed by atoms with Crippen molar-refractivity contribution in [1.29, 1.82) is 0 Å². The summed E-state index contributed by atoms with van der Waals surface area (Å²) in [5.74, 6) is 0.749. The van der Waals surface area contributed by atoms with Crippen LogP contribution in [0.15, 0.2) is 29.2 Å². The first-order chi connectivity index (χ1) is 7.72. The summed E-state index contributed by atoms with van der Waals surface area (Å²) in [5.41, 5.74) is 6.36. The molecule has 5 heteroatoms. The molecule has 96 valence electrons. The first-order valence-corrected chi connectivity index (χ1v) is 8.07. The van der Waals surface area contributed by atoms with E-state index in [4.69, 9.17) is 5.73 Å². The van der Waals surface area contributed by atoms with E-state index < -0.39 is 14.6 Å². The zero-order valence-corrected chi connectivity index (χ0v) is 12.1. The van der Waals surface area contributed by atoms with Gasteiger partial charge in [0.05, 0.1) is 10.5 Å². The molecule has 0 bridgehead atoms. The topological polar surface area (TPSA) is 60.2 Å². The van der Waals surface area contributed by atoms with Crippen LogP contribution in [0.5, 0.6) is 0 Å². The molecule has 1 rings (SSSR count). The average Bonchev–Trinajstić information content (AvgIpc) is 2.15. The molecule has 0 saturated carbocycles. The van der Waals surface area contributed by atoms with Gasteiger partial charge in [-0.1, -0.05) is 6.07 Å². The summed E-state index contributed by atoms with van der Waals surface area (Å²) in [6.45, 7) is 5.19. The molecule has 3 nitrogen and oxygen atoms in total. The summed E-state index contributed by atoms with van der Waals surface area (Å²) < 4.78 is 23.1. The zero-order valence-electron chi connectivity index (χ0n) is 10.4. The second kappa shape index (κ2) is 5.31. The number of anilines is 1. The van der Waals surface area contributed by atoms with Gasteiger partial charge < -0.3 is 5.73 Å².